The number of anilines is 2. The van der Waals surface area contributed by atoms with Gasteiger partial charge in [-0.3, -0.25) is 4.79 Å². The molecule has 1 aliphatic rings. The Labute approximate surface area is 241 Å². The van der Waals surface area contributed by atoms with E-state index in [9.17, 15) is 18.0 Å². The van der Waals surface area contributed by atoms with E-state index in [-0.39, 0.29) is 56.5 Å². The second-order valence-corrected chi connectivity index (χ2v) is 12.0. The Kier molecular flexibility index (Phi) is 7.49. The number of nitrogen functional groups attached to an aromatic ring is 1. The minimum absolute atomic E-state index is 0.0128. The number of halogens is 1. The zero-order valence-corrected chi connectivity index (χ0v) is 24.1. The minimum Gasteiger partial charge on any atom is -0.396 e. The molecule has 3 aromatic heterocycles. The van der Waals surface area contributed by atoms with Gasteiger partial charge in [-0.15, -0.1) is 0 Å². The van der Waals surface area contributed by atoms with Gasteiger partial charge in [0.15, 0.2) is 21.3 Å². The van der Waals surface area contributed by atoms with Gasteiger partial charge in [-0.25, -0.2) is 37.1 Å². The molecule has 4 heterocycles. The van der Waals surface area contributed by atoms with Crippen molar-refractivity contribution in [1.82, 2.24) is 29.4 Å². The maximum absolute atomic E-state index is 15.8. The maximum Gasteiger partial charge on any atom is 0.355 e. The second-order valence-electron chi connectivity index (χ2n) is 9.99. The summed E-state index contributed by atoms with van der Waals surface area (Å²) < 4.78 is 42.7. The topological polar surface area (TPSA) is 157 Å². The van der Waals surface area contributed by atoms with E-state index in [0.29, 0.717) is 31.6 Å². The number of hydrogen-bond donors (Lipinski definition) is 1. The van der Waals surface area contributed by atoms with Crippen LogP contribution in [0.25, 0.3) is 28.1 Å². The molecular weight excluding hydrogens is 563 g/mol. The van der Waals surface area contributed by atoms with E-state index in [2.05, 4.69) is 26.5 Å². The van der Waals surface area contributed by atoms with Gasteiger partial charge in [-0.05, 0) is 37.1 Å². The zero-order valence-electron chi connectivity index (χ0n) is 23.3. The van der Waals surface area contributed by atoms with Crippen LogP contribution in [0.2, 0.25) is 0 Å². The van der Waals surface area contributed by atoms with Crippen molar-refractivity contribution in [1.29, 1.82) is 0 Å². The van der Waals surface area contributed by atoms with Crippen LogP contribution in [-0.2, 0) is 21.1 Å². The molecular formula is C28H29FN8O4S. The summed E-state index contributed by atoms with van der Waals surface area (Å²) in [5.41, 5.74) is 5.69. The molecule has 1 saturated heterocycles. The summed E-state index contributed by atoms with van der Waals surface area (Å²) in [6, 6.07) is 5.60. The van der Waals surface area contributed by atoms with Crippen LogP contribution in [0.4, 0.5) is 15.9 Å². The molecule has 1 fully saturated rings. The molecule has 12 nitrogen and oxygen atoms in total. The zero-order chi connectivity index (χ0) is 30.3. The number of fused-ring (bicyclic) bond motifs is 1. The van der Waals surface area contributed by atoms with Crippen LogP contribution >= 0.6 is 0 Å². The van der Waals surface area contributed by atoms with Crippen LogP contribution in [0.3, 0.4) is 0 Å². The highest BCUT2D eigenvalue weighted by Crippen LogP contribution is 2.34. The largest absolute Gasteiger partial charge is 0.396 e. The van der Waals surface area contributed by atoms with E-state index >= 15 is 4.39 Å². The number of aryl methyl sites for hydroxylation is 1. The molecule has 0 saturated carbocycles. The number of carbonyl (C=O) groups excluding carboxylic acids is 1. The number of benzene rings is 1. The lowest BCUT2D eigenvalue weighted by Crippen LogP contribution is -2.54. The van der Waals surface area contributed by atoms with Gasteiger partial charge in [0, 0.05) is 31.9 Å². The number of aromatic nitrogens is 5. The average molecular weight is 593 g/mol. The van der Waals surface area contributed by atoms with Crippen LogP contribution in [0, 0.1) is 5.82 Å². The lowest BCUT2D eigenvalue weighted by Gasteiger charge is -2.40. The normalized spacial score (nSPS) is 15.7. The molecule has 0 spiro atoms. The molecule has 1 atom stereocenters. The molecule has 5 rings (SSSR count). The first-order valence-corrected chi connectivity index (χ1v) is 15.0. The predicted molar refractivity (Wildman–Crippen MR) is 157 cm³/mol. The molecule has 0 aliphatic carbocycles. The first-order chi connectivity index (χ1) is 20.0. The van der Waals surface area contributed by atoms with E-state index in [4.69, 9.17) is 5.73 Å². The molecule has 2 N–H and O–H groups in total. The summed E-state index contributed by atoms with van der Waals surface area (Å²) in [6.45, 7) is 8.17. The van der Waals surface area contributed by atoms with E-state index in [1.54, 1.807) is 17.0 Å². The molecule has 218 valence electrons. The van der Waals surface area contributed by atoms with Crippen LogP contribution in [0.1, 0.15) is 19.4 Å². The van der Waals surface area contributed by atoms with Gasteiger partial charge in [-0.2, -0.15) is 4.98 Å². The first kappa shape index (κ1) is 28.8. The monoisotopic (exact) mass is 592 g/mol. The van der Waals surface area contributed by atoms with Gasteiger partial charge in [0.2, 0.25) is 5.91 Å². The molecule has 1 aromatic carbocycles. The number of nitrogens with two attached hydrogens (primary N) is 1. The summed E-state index contributed by atoms with van der Waals surface area (Å²) in [4.78, 5) is 46.4. The molecule has 14 heteroatoms. The van der Waals surface area contributed by atoms with Gasteiger partial charge in [0.25, 0.3) is 0 Å². The van der Waals surface area contributed by atoms with Crippen molar-refractivity contribution in [3.8, 4) is 17.1 Å². The molecule has 0 radical (unpaired) electrons. The van der Waals surface area contributed by atoms with E-state index < -0.39 is 21.3 Å². The third-order valence-electron chi connectivity index (χ3n) is 7.24. The summed E-state index contributed by atoms with van der Waals surface area (Å²) in [7, 11) is -3.82. The standard InChI is InChI=1S/C28H29FN8O4S/c1-5-17-8-7-9-21(42(4,40)41)25(17)37-27-18(12-19(29)23(33-27)24-20(30)13-31-15-32-24)26(34-28(37)39)36-11-10-35(14-16(36)3)22(38)6-2/h6-9,12-13,15-16H,2,5,10-11,14,30H2,1,3-4H3/t16-/m0/s1. The summed E-state index contributed by atoms with van der Waals surface area (Å²) in [5.74, 6) is -0.840. The van der Waals surface area contributed by atoms with Crippen molar-refractivity contribution in [3.05, 3.63) is 71.3 Å². The summed E-state index contributed by atoms with van der Waals surface area (Å²) in [5, 5.41) is 0.171. The number of piperazine rings is 1. The summed E-state index contributed by atoms with van der Waals surface area (Å²) >= 11 is 0. The average Bonchev–Trinajstić information content (AvgIpc) is 2.96. The van der Waals surface area contributed by atoms with Gasteiger partial charge in [0.1, 0.15) is 23.5 Å². The van der Waals surface area contributed by atoms with Crippen molar-refractivity contribution in [2.45, 2.75) is 31.2 Å². The maximum atomic E-state index is 15.8. The van der Waals surface area contributed by atoms with Crippen molar-refractivity contribution < 1.29 is 17.6 Å². The Balaban J connectivity index is 1.86. The van der Waals surface area contributed by atoms with Gasteiger partial charge >= 0.3 is 5.69 Å². The highest BCUT2D eigenvalue weighted by atomic mass is 32.2. The third-order valence-corrected chi connectivity index (χ3v) is 8.37. The van der Waals surface area contributed by atoms with Gasteiger partial charge < -0.3 is 15.5 Å². The lowest BCUT2D eigenvalue weighted by molar-refractivity contribution is -0.126. The highest BCUT2D eigenvalue weighted by molar-refractivity contribution is 7.90. The quantitative estimate of drug-likeness (QED) is 0.329. The number of rotatable bonds is 6. The number of sulfone groups is 1. The second kappa shape index (κ2) is 10.9. The van der Waals surface area contributed by atoms with E-state index in [1.807, 2.05) is 18.7 Å². The van der Waals surface area contributed by atoms with E-state index in [1.165, 1.54) is 30.7 Å². The molecule has 1 aliphatic heterocycles. The first-order valence-electron chi connectivity index (χ1n) is 13.2. The number of carbonyl (C=O) groups is 1. The Hall–Kier alpha value is -4.72. The van der Waals surface area contributed by atoms with Crippen molar-refractivity contribution in [2.75, 3.05) is 36.5 Å². The summed E-state index contributed by atoms with van der Waals surface area (Å²) in [6.07, 6.45) is 5.17. The fourth-order valence-corrected chi connectivity index (χ4v) is 6.14. The van der Waals surface area contributed by atoms with Gasteiger partial charge in [0.05, 0.1) is 27.9 Å². The third kappa shape index (κ3) is 4.98. The fraction of sp³-hybridized carbons (Fsp3) is 0.286. The number of pyridine rings is 1. The fourth-order valence-electron chi connectivity index (χ4n) is 5.24. The van der Waals surface area contributed by atoms with Crippen LogP contribution in [0.5, 0.6) is 0 Å². The van der Waals surface area contributed by atoms with Crippen molar-refractivity contribution in [2.24, 2.45) is 0 Å². The Morgan fingerprint density at radius 2 is 2.00 bits per heavy atom. The van der Waals surface area contributed by atoms with Crippen LogP contribution in [-0.4, -0.2) is 75.7 Å². The van der Waals surface area contributed by atoms with Gasteiger partial charge in [-0.1, -0.05) is 25.6 Å². The lowest BCUT2D eigenvalue weighted by atomic mass is 10.1. The Morgan fingerprint density at radius 1 is 1.24 bits per heavy atom. The molecule has 4 aromatic rings. The number of amides is 1. The predicted octanol–water partition coefficient (Wildman–Crippen LogP) is 2.15. The van der Waals surface area contributed by atoms with E-state index in [0.717, 1.165) is 10.8 Å². The minimum atomic E-state index is -3.82. The number of hydrogen-bond acceptors (Lipinski definition) is 10. The number of para-hydroxylation sites is 1. The molecule has 0 unspecified atom stereocenters. The molecule has 0 bridgehead atoms. The SMILES string of the molecule is C=CC(=O)N1CCN(c2nc(=O)n(-c3c(CC)cccc3S(C)(=O)=O)c3nc(-c4ncncc4N)c(F)cc23)[C@@H](C)C1. The molecule has 1 amide bonds. The van der Waals surface area contributed by atoms with Crippen LogP contribution in [0.15, 0.2) is 59.1 Å². The van der Waals surface area contributed by atoms with Crippen LogP contribution < -0.4 is 16.3 Å². The Bertz CT molecular complexity index is 1910. The smallest absolute Gasteiger partial charge is 0.355 e. The van der Waals surface area contributed by atoms with Crippen molar-refractivity contribution in [3.63, 3.8) is 0 Å². The highest BCUT2D eigenvalue weighted by Gasteiger charge is 2.31. The molecule has 42 heavy (non-hydrogen) atoms. The van der Waals surface area contributed by atoms with Crippen molar-refractivity contribution >= 4 is 38.3 Å². The Morgan fingerprint density at radius 3 is 2.64 bits per heavy atom. The number of nitrogens with zero attached hydrogens (tertiary/aromatic N) is 7.